The van der Waals surface area contributed by atoms with Crippen molar-refractivity contribution in [2.45, 2.75) is 13.0 Å². The van der Waals surface area contributed by atoms with Crippen molar-refractivity contribution in [3.05, 3.63) is 77.6 Å². The molecule has 4 nitrogen and oxygen atoms in total. The number of benzene rings is 2. The smallest absolute Gasteiger partial charge is 0.160 e. The molecule has 1 aliphatic rings. The van der Waals surface area contributed by atoms with Crippen molar-refractivity contribution in [3.63, 3.8) is 0 Å². The second-order valence-corrected chi connectivity index (χ2v) is 6.02. The van der Waals surface area contributed by atoms with Gasteiger partial charge in [-0.2, -0.15) is 0 Å². The molecule has 0 spiro atoms. The topological polar surface area (TPSA) is 35.8 Å². The molecule has 0 N–H and O–H groups in total. The Balaban J connectivity index is 1.72. The van der Waals surface area contributed by atoms with Crippen LogP contribution < -0.4 is 9.47 Å². The quantitative estimate of drug-likeness (QED) is 0.723. The lowest BCUT2D eigenvalue weighted by atomic mass is 10.1. The highest BCUT2D eigenvalue weighted by Crippen LogP contribution is 2.29. The van der Waals surface area contributed by atoms with Gasteiger partial charge in [0.2, 0.25) is 0 Å². The van der Waals surface area contributed by atoms with Gasteiger partial charge in [0.25, 0.3) is 0 Å². The van der Waals surface area contributed by atoms with Crippen LogP contribution in [-0.2, 0) is 13.0 Å². The van der Waals surface area contributed by atoms with E-state index in [1.54, 1.807) is 14.2 Å². The van der Waals surface area contributed by atoms with Gasteiger partial charge in [0.15, 0.2) is 11.5 Å². The second-order valence-electron chi connectivity index (χ2n) is 6.02. The molecule has 0 bridgehead atoms. The molecule has 126 valence electrons. The number of aliphatic imine (C=N–C) groups is 1. The van der Waals surface area contributed by atoms with Gasteiger partial charge in [0.05, 0.1) is 37.9 Å². The minimum atomic E-state index is 0.695. The number of methoxy groups -OCH3 is 2. The lowest BCUT2D eigenvalue weighted by Gasteiger charge is -2.12. The fourth-order valence-corrected chi connectivity index (χ4v) is 3.30. The molecule has 0 saturated carbocycles. The Morgan fingerprint density at radius 1 is 0.960 bits per heavy atom. The predicted molar refractivity (Wildman–Crippen MR) is 99.3 cm³/mol. The number of aromatic nitrogens is 1. The summed E-state index contributed by atoms with van der Waals surface area (Å²) in [5.41, 5.74) is 5.80. The van der Waals surface area contributed by atoms with Crippen LogP contribution in [0.1, 0.15) is 16.8 Å². The molecule has 0 radical (unpaired) electrons. The molecule has 25 heavy (non-hydrogen) atoms. The van der Waals surface area contributed by atoms with E-state index >= 15 is 0 Å². The monoisotopic (exact) mass is 332 g/mol. The van der Waals surface area contributed by atoms with Crippen molar-refractivity contribution >= 4 is 5.71 Å². The average molecular weight is 332 g/mol. The number of fused-ring (bicyclic) bond motifs is 3. The van der Waals surface area contributed by atoms with Crippen molar-refractivity contribution in [2.24, 2.45) is 4.99 Å². The van der Waals surface area contributed by atoms with Gasteiger partial charge < -0.3 is 14.0 Å². The number of rotatable bonds is 4. The van der Waals surface area contributed by atoms with Crippen LogP contribution in [0.15, 0.2) is 65.8 Å². The largest absolute Gasteiger partial charge is 0.493 e. The van der Waals surface area contributed by atoms with Crippen molar-refractivity contribution in [2.75, 3.05) is 14.2 Å². The molecule has 0 atom stereocenters. The maximum atomic E-state index is 5.43. The molecule has 2 aromatic carbocycles. The summed E-state index contributed by atoms with van der Waals surface area (Å²) in [7, 11) is 3.31. The zero-order valence-corrected chi connectivity index (χ0v) is 14.4. The van der Waals surface area contributed by atoms with E-state index in [0.29, 0.717) is 6.54 Å². The Hall–Kier alpha value is -3.01. The number of nitrogens with zero attached hydrogens (tertiary/aromatic N) is 2. The summed E-state index contributed by atoms with van der Waals surface area (Å²) in [6.45, 7) is 0.695. The number of ether oxygens (including phenoxy) is 2. The summed E-state index contributed by atoms with van der Waals surface area (Å²) in [6, 6.07) is 18.7. The number of para-hydroxylation sites is 1. The first-order valence-electron chi connectivity index (χ1n) is 8.30. The van der Waals surface area contributed by atoms with Crippen LogP contribution in [0.2, 0.25) is 0 Å². The van der Waals surface area contributed by atoms with Crippen LogP contribution >= 0.6 is 0 Å². The fraction of sp³-hybridized carbons (Fsp3) is 0.190. The molecule has 1 aromatic heterocycles. The third-order valence-electron chi connectivity index (χ3n) is 4.56. The molecule has 1 aliphatic heterocycles. The van der Waals surface area contributed by atoms with Gasteiger partial charge in [-0.25, -0.2) is 0 Å². The minimum Gasteiger partial charge on any atom is -0.493 e. The highest BCUT2D eigenvalue weighted by molar-refractivity contribution is 6.01. The average Bonchev–Trinajstić information content (AvgIpc) is 3.09. The van der Waals surface area contributed by atoms with Crippen LogP contribution in [0.4, 0.5) is 0 Å². The predicted octanol–water partition coefficient (Wildman–Crippen LogP) is 4.04. The third kappa shape index (κ3) is 2.80. The molecule has 0 saturated heterocycles. The molecule has 4 heteroatoms. The number of hydrogen-bond donors (Lipinski definition) is 0. The zero-order chi connectivity index (χ0) is 17.2. The van der Waals surface area contributed by atoms with E-state index in [1.807, 2.05) is 12.1 Å². The molecule has 4 rings (SSSR count). The first kappa shape index (κ1) is 15.5. The van der Waals surface area contributed by atoms with Gasteiger partial charge in [-0.3, -0.25) is 4.99 Å². The highest BCUT2D eigenvalue weighted by Gasteiger charge is 2.17. The summed E-state index contributed by atoms with van der Waals surface area (Å²) in [5.74, 6) is 1.48. The van der Waals surface area contributed by atoms with E-state index in [9.17, 15) is 0 Å². The van der Waals surface area contributed by atoms with E-state index in [4.69, 9.17) is 14.5 Å². The maximum Gasteiger partial charge on any atom is 0.160 e. The van der Waals surface area contributed by atoms with Crippen molar-refractivity contribution in [1.29, 1.82) is 0 Å². The van der Waals surface area contributed by atoms with Gasteiger partial charge in [-0.15, -0.1) is 0 Å². The standard InChI is InChI=1S/C21H20N2O2/c1-24-20-10-9-15(13-21(20)25-2)12-17-19-8-5-11-23(19)18-7-4-3-6-16(18)14-22-17/h3-11,13H,12,14H2,1-2H3. The van der Waals surface area contributed by atoms with Crippen molar-refractivity contribution < 1.29 is 9.47 Å². The molecule has 3 aromatic rings. The third-order valence-corrected chi connectivity index (χ3v) is 4.56. The number of hydrogen-bond acceptors (Lipinski definition) is 3. The molecular formula is C21H20N2O2. The van der Waals surface area contributed by atoms with E-state index in [-0.39, 0.29) is 0 Å². The summed E-state index contributed by atoms with van der Waals surface area (Å²) >= 11 is 0. The van der Waals surface area contributed by atoms with Crippen LogP contribution in [-0.4, -0.2) is 24.5 Å². The first-order chi connectivity index (χ1) is 12.3. The first-order valence-corrected chi connectivity index (χ1v) is 8.30. The van der Waals surface area contributed by atoms with Crippen LogP contribution in [0.5, 0.6) is 11.5 Å². The summed E-state index contributed by atoms with van der Waals surface area (Å²) in [6.07, 6.45) is 2.85. The maximum absolute atomic E-state index is 5.43. The zero-order valence-electron chi connectivity index (χ0n) is 14.4. The van der Waals surface area contributed by atoms with Gasteiger partial charge in [-0.05, 0) is 41.5 Å². The Bertz CT molecular complexity index is 941. The lowest BCUT2D eigenvalue weighted by Crippen LogP contribution is -2.10. The van der Waals surface area contributed by atoms with E-state index in [1.165, 1.54) is 11.3 Å². The molecule has 2 heterocycles. The normalized spacial score (nSPS) is 12.6. The SMILES string of the molecule is COc1ccc(CC2=NCc3ccccc3-n3cccc32)cc1OC. The van der Waals surface area contributed by atoms with Gasteiger partial charge in [-0.1, -0.05) is 24.3 Å². The van der Waals surface area contributed by atoms with Crippen LogP contribution in [0.3, 0.4) is 0 Å². The van der Waals surface area contributed by atoms with Gasteiger partial charge >= 0.3 is 0 Å². The Morgan fingerprint density at radius 3 is 2.64 bits per heavy atom. The molecule has 0 fully saturated rings. The van der Waals surface area contributed by atoms with Gasteiger partial charge in [0.1, 0.15) is 0 Å². The molecule has 0 amide bonds. The van der Waals surface area contributed by atoms with Gasteiger partial charge in [0, 0.05) is 12.6 Å². The van der Waals surface area contributed by atoms with E-state index < -0.39 is 0 Å². The fourth-order valence-electron chi connectivity index (χ4n) is 3.30. The molecular weight excluding hydrogens is 312 g/mol. The Kier molecular flexibility index (Phi) is 4.02. The van der Waals surface area contributed by atoms with Crippen LogP contribution in [0, 0.1) is 0 Å². The molecule has 0 unspecified atom stereocenters. The summed E-state index contributed by atoms with van der Waals surface area (Å²) in [5, 5.41) is 0. The second kappa shape index (κ2) is 6.48. The molecule has 0 aliphatic carbocycles. The van der Waals surface area contributed by atoms with E-state index in [0.717, 1.165) is 34.9 Å². The summed E-state index contributed by atoms with van der Waals surface area (Å²) in [4.78, 5) is 4.90. The van der Waals surface area contributed by atoms with E-state index in [2.05, 4.69) is 53.2 Å². The van der Waals surface area contributed by atoms with Crippen molar-refractivity contribution in [1.82, 2.24) is 4.57 Å². The minimum absolute atomic E-state index is 0.695. The lowest BCUT2D eigenvalue weighted by molar-refractivity contribution is 0.354. The Labute approximate surface area is 147 Å². The van der Waals surface area contributed by atoms with Crippen LogP contribution in [0.25, 0.3) is 5.69 Å². The summed E-state index contributed by atoms with van der Waals surface area (Å²) < 4.78 is 13.0. The highest BCUT2D eigenvalue weighted by atomic mass is 16.5. The Morgan fingerprint density at radius 2 is 1.80 bits per heavy atom. The van der Waals surface area contributed by atoms with Crippen molar-refractivity contribution in [3.8, 4) is 17.2 Å².